The number of nitrogens with zero attached hydrogens (tertiary/aromatic N) is 1. The molecule has 1 N–H and O–H groups in total. The number of aromatic nitrogens is 1. The molecular weight excluding hydrogens is 325 g/mol. The zero-order valence-electron chi connectivity index (χ0n) is 13.1. The van der Waals surface area contributed by atoms with Gasteiger partial charge in [-0.2, -0.15) is 0 Å². The summed E-state index contributed by atoms with van der Waals surface area (Å²) in [5, 5.41) is 0. The monoisotopic (exact) mass is 341 g/mol. The predicted molar refractivity (Wildman–Crippen MR) is 94.3 cm³/mol. The topological polar surface area (TPSA) is 50.2 Å². The van der Waals surface area contributed by atoms with E-state index >= 15 is 0 Å². The summed E-state index contributed by atoms with van der Waals surface area (Å²) in [6.45, 7) is 2.02. The number of hydrogen-bond acceptors (Lipinski definition) is 2. The van der Waals surface area contributed by atoms with Crippen LogP contribution in [0, 0.1) is 12.7 Å². The number of rotatable bonds is 4. The molecule has 1 atom stereocenters. The van der Waals surface area contributed by atoms with Crippen LogP contribution in [0.2, 0.25) is 0 Å². The average molecular weight is 341 g/mol. The fourth-order valence-corrected chi connectivity index (χ4v) is 3.05. The fraction of sp³-hybridized carbons (Fsp3) is 0.105. The highest BCUT2D eigenvalue weighted by Crippen LogP contribution is 2.31. The van der Waals surface area contributed by atoms with E-state index in [1.54, 1.807) is 12.3 Å². The number of aryl methyl sites for hydroxylation is 1. The van der Waals surface area contributed by atoms with Gasteiger partial charge in [0.2, 0.25) is 0 Å². The Labute approximate surface area is 142 Å². The van der Waals surface area contributed by atoms with E-state index in [0.717, 1.165) is 16.7 Å². The second-order valence-electron chi connectivity index (χ2n) is 5.54. The van der Waals surface area contributed by atoms with Gasteiger partial charge in [0, 0.05) is 22.9 Å². The fourth-order valence-electron chi connectivity index (χ4n) is 2.55. The summed E-state index contributed by atoms with van der Waals surface area (Å²) in [6.07, 6.45) is 1.67. The minimum absolute atomic E-state index is 0.215. The van der Waals surface area contributed by atoms with E-state index in [9.17, 15) is 8.60 Å². The summed E-state index contributed by atoms with van der Waals surface area (Å²) in [6, 6.07) is 16.5. The van der Waals surface area contributed by atoms with Crippen LogP contribution >= 0.6 is 0 Å². The summed E-state index contributed by atoms with van der Waals surface area (Å²) in [5.74, 6) is -0.727. The maximum atomic E-state index is 14.2. The van der Waals surface area contributed by atoms with Gasteiger partial charge >= 0.3 is 0 Å². The molecule has 0 aliphatic heterocycles. The first-order valence-corrected chi connectivity index (χ1v) is 8.70. The van der Waals surface area contributed by atoms with E-state index in [1.165, 1.54) is 12.1 Å². The van der Waals surface area contributed by atoms with Gasteiger partial charge in [0.25, 0.3) is 0 Å². The van der Waals surface area contributed by atoms with Crippen LogP contribution in [0.1, 0.15) is 11.1 Å². The van der Waals surface area contributed by atoms with Crippen LogP contribution in [0.5, 0.6) is 0 Å². The standard InChI is InChI=1S/C19H16FNO2S/c1-13-4-6-14(7-5-13)17-3-2-10-21-19(17)15-8-9-16(12-24(22)23)18(20)11-15/h2-11H,12H2,1H3,(H,22,23). The van der Waals surface area contributed by atoms with Crippen molar-refractivity contribution in [2.45, 2.75) is 12.7 Å². The minimum Gasteiger partial charge on any atom is -0.306 e. The molecule has 0 bridgehead atoms. The molecular formula is C19H16FNO2S. The van der Waals surface area contributed by atoms with Crippen molar-refractivity contribution < 1.29 is 13.2 Å². The first kappa shape index (κ1) is 16.5. The molecule has 24 heavy (non-hydrogen) atoms. The Morgan fingerprint density at radius 1 is 1.08 bits per heavy atom. The third kappa shape index (κ3) is 3.58. The van der Waals surface area contributed by atoms with Crippen molar-refractivity contribution in [3.05, 3.63) is 77.7 Å². The van der Waals surface area contributed by atoms with Crippen LogP contribution in [0.15, 0.2) is 60.8 Å². The molecule has 0 aliphatic rings. The summed E-state index contributed by atoms with van der Waals surface area (Å²) >= 11 is -2.07. The van der Waals surface area contributed by atoms with Gasteiger partial charge < -0.3 is 4.55 Å². The van der Waals surface area contributed by atoms with E-state index < -0.39 is 16.9 Å². The quantitative estimate of drug-likeness (QED) is 0.706. The lowest BCUT2D eigenvalue weighted by Gasteiger charge is -2.10. The van der Waals surface area contributed by atoms with Crippen molar-refractivity contribution >= 4 is 11.1 Å². The second kappa shape index (κ2) is 7.03. The second-order valence-corrected chi connectivity index (χ2v) is 6.47. The molecule has 0 aliphatic carbocycles. The first-order chi connectivity index (χ1) is 11.5. The molecule has 1 heterocycles. The lowest BCUT2D eigenvalue weighted by molar-refractivity contribution is 0.559. The molecule has 3 rings (SSSR count). The molecule has 0 amide bonds. The Kier molecular flexibility index (Phi) is 4.83. The van der Waals surface area contributed by atoms with Crippen molar-refractivity contribution in [1.82, 2.24) is 4.98 Å². The third-order valence-corrected chi connectivity index (χ3v) is 4.33. The summed E-state index contributed by atoms with van der Waals surface area (Å²) in [4.78, 5) is 4.40. The predicted octanol–water partition coefficient (Wildman–Crippen LogP) is 4.58. The SMILES string of the molecule is Cc1ccc(-c2cccnc2-c2ccc(CS(=O)O)c(F)c2)cc1. The average Bonchev–Trinajstić information content (AvgIpc) is 2.57. The smallest absolute Gasteiger partial charge is 0.157 e. The van der Waals surface area contributed by atoms with Gasteiger partial charge in [-0.05, 0) is 24.6 Å². The maximum absolute atomic E-state index is 14.2. The van der Waals surface area contributed by atoms with Crippen molar-refractivity contribution in [1.29, 1.82) is 0 Å². The molecule has 5 heteroatoms. The van der Waals surface area contributed by atoms with Crippen LogP contribution in [-0.2, 0) is 16.8 Å². The Hall–Kier alpha value is -2.37. The largest absolute Gasteiger partial charge is 0.306 e. The highest BCUT2D eigenvalue weighted by atomic mass is 32.2. The van der Waals surface area contributed by atoms with Gasteiger partial charge in [0.05, 0.1) is 11.4 Å². The van der Waals surface area contributed by atoms with Crippen LogP contribution < -0.4 is 0 Å². The lowest BCUT2D eigenvalue weighted by atomic mass is 9.98. The molecule has 0 saturated heterocycles. The van der Waals surface area contributed by atoms with Crippen molar-refractivity contribution in [3.8, 4) is 22.4 Å². The van der Waals surface area contributed by atoms with Gasteiger partial charge in [-0.3, -0.25) is 4.98 Å². The highest BCUT2D eigenvalue weighted by Gasteiger charge is 2.12. The Morgan fingerprint density at radius 2 is 1.79 bits per heavy atom. The van der Waals surface area contributed by atoms with E-state index in [-0.39, 0.29) is 11.3 Å². The number of pyridine rings is 1. The highest BCUT2D eigenvalue weighted by molar-refractivity contribution is 7.78. The summed E-state index contributed by atoms with van der Waals surface area (Å²) in [7, 11) is 0. The Morgan fingerprint density at radius 3 is 2.46 bits per heavy atom. The van der Waals surface area contributed by atoms with Gasteiger partial charge in [-0.25, -0.2) is 8.60 Å². The summed E-state index contributed by atoms with van der Waals surface area (Å²) in [5.41, 5.74) is 4.61. The van der Waals surface area contributed by atoms with Crippen LogP contribution in [0.3, 0.4) is 0 Å². The Bertz CT molecular complexity index is 894. The zero-order chi connectivity index (χ0) is 17.1. The van der Waals surface area contributed by atoms with E-state index in [2.05, 4.69) is 4.98 Å². The van der Waals surface area contributed by atoms with E-state index in [1.807, 2.05) is 43.3 Å². The first-order valence-electron chi connectivity index (χ1n) is 7.43. The van der Waals surface area contributed by atoms with Crippen molar-refractivity contribution in [2.75, 3.05) is 0 Å². The van der Waals surface area contributed by atoms with Gasteiger partial charge in [-0.1, -0.05) is 48.0 Å². The van der Waals surface area contributed by atoms with Crippen LogP contribution in [0.4, 0.5) is 4.39 Å². The molecule has 1 unspecified atom stereocenters. The Balaban J connectivity index is 2.06. The number of halogens is 1. The molecule has 0 radical (unpaired) electrons. The molecule has 3 aromatic rings. The molecule has 3 nitrogen and oxygen atoms in total. The van der Waals surface area contributed by atoms with Crippen molar-refractivity contribution in [3.63, 3.8) is 0 Å². The molecule has 0 saturated carbocycles. The van der Waals surface area contributed by atoms with Crippen LogP contribution in [0.25, 0.3) is 22.4 Å². The third-order valence-electron chi connectivity index (χ3n) is 3.78. The van der Waals surface area contributed by atoms with Crippen LogP contribution in [-0.4, -0.2) is 13.7 Å². The van der Waals surface area contributed by atoms with E-state index in [4.69, 9.17) is 4.55 Å². The normalized spacial score (nSPS) is 12.1. The molecule has 1 aromatic heterocycles. The van der Waals surface area contributed by atoms with Gasteiger partial charge in [-0.15, -0.1) is 0 Å². The van der Waals surface area contributed by atoms with E-state index in [0.29, 0.717) is 11.3 Å². The van der Waals surface area contributed by atoms with Gasteiger partial charge in [0.15, 0.2) is 11.1 Å². The molecule has 0 spiro atoms. The zero-order valence-corrected chi connectivity index (χ0v) is 13.9. The maximum Gasteiger partial charge on any atom is 0.157 e. The molecule has 122 valence electrons. The van der Waals surface area contributed by atoms with Gasteiger partial charge in [0.1, 0.15) is 5.82 Å². The molecule has 0 fully saturated rings. The molecule has 2 aromatic carbocycles. The minimum atomic E-state index is -2.07. The van der Waals surface area contributed by atoms with Crippen molar-refractivity contribution in [2.24, 2.45) is 0 Å². The lowest BCUT2D eigenvalue weighted by Crippen LogP contribution is -1.97. The summed E-state index contributed by atoms with van der Waals surface area (Å²) < 4.78 is 34.0. The number of hydrogen-bond donors (Lipinski definition) is 1. The number of benzene rings is 2.